The van der Waals surface area contributed by atoms with Gasteiger partial charge in [-0.05, 0) is 12.3 Å². The van der Waals surface area contributed by atoms with Crippen LogP contribution in [0.15, 0.2) is 12.3 Å². The van der Waals surface area contributed by atoms with E-state index in [0.29, 0.717) is 5.92 Å². The van der Waals surface area contributed by atoms with Gasteiger partial charge in [-0.3, -0.25) is 0 Å². The molecular weight excluding hydrogens is 110 g/mol. The Kier molecular flexibility index (Phi) is 9.51. The van der Waals surface area contributed by atoms with E-state index >= 15 is 0 Å². The molecule has 0 rings (SSSR count). The Hall–Kier alpha value is -0.460. The minimum Gasteiger partial charge on any atom is -0.402 e. The summed E-state index contributed by atoms with van der Waals surface area (Å²) in [6, 6.07) is 0. The van der Waals surface area contributed by atoms with Crippen molar-refractivity contribution >= 4 is 0 Å². The molecule has 0 aromatic carbocycles. The van der Waals surface area contributed by atoms with Crippen molar-refractivity contribution in [2.45, 2.75) is 34.1 Å². The first-order valence-corrected chi connectivity index (χ1v) is 3.62. The predicted octanol–water partition coefficient (Wildman–Crippen LogP) is 2.53. The molecule has 0 bridgehead atoms. The van der Waals surface area contributed by atoms with Crippen molar-refractivity contribution in [3.05, 3.63) is 12.3 Å². The third-order valence-electron chi connectivity index (χ3n) is 1.25. The molecule has 0 fully saturated rings. The van der Waals surface area contributed by atoms with Crippen LogP contribution >= 0.6 is 0 Å². The van der Waals surface area contributed by atoms with Crippen LogP contribution in [-0.4, -0.2) is 0 Å². The van der Waals surface area contributed by atoms with Gasteiger partial charge in [0.05, 0.1) is 0 Å². The summed E-state index contributed by atoms with van der Waals surface area (Å²) in [6.45, 7) is 11.8. The van der Waals surface area contributed by atoms with Crippen molar-refractivity contribution in [3.8, 4) is 0 Å². The predicted molar refractivity (Wildman–Crippen MR) is 44.1 cm³/mol. The van der Waals surface area contributed by atoms with E-state index < -0.39 is 0 Å². The van der Waals surface area contributed by atoms with Gasteiger partial charge in [0.25, 0.3) is 0 Å². The van der Waals surface area contributed by atoms with Gasteiger partial charge >= 0.3 is 0 Å². The Bertz CT molecular complexity index is 67.0. The summed E-state index contributed by atoms with van der Waals surface area (Å²) in [5.41, 5.74) is 6.15. The Labute approximate surface area is 58.9 Å². The zero-order valence-electron chi connectivity index (χ0n) is 7.07. The van der Waals surface area contributed by atoms with Crippen LogP contribution in [0.25, 0.3) is 0 Å². The topological polar surface area (TPSA) is 26.0 Å². The van der Waals surface area contributed by atoms with E-state index in [1.165, 1.54) is 0 Å². The summed E-state index contributed by atoms with van der Waals surface area (Å²) in [5.74, 6) is 0.486. The standard InChI is InChI=1S/C6H13N.C2H6/c1-4-5(2)6(3)7;1-2/h5H,3-4,7H2,1-2H3;1-2H3/t5-;/m0./s1. The quantitative estimate of drug-likeness (QED) is 0.609. The highest BCUT2D eigenvalue weighted by Crippen LogP contribution is 2.04. The minimum atomic E-state index is 0.486. The van der Waals surface area contributed by atoms with Gasteiger partial charge in [0, 0.05) is 5.70 Å². The molecule has 0 aliphatic carbocycles. The largest absolute Gasteiger partial charge is 0.402 e. The van der Waals surface area contributed by atoms with Gasteiger partial charge in [-0.1, -0.05) is 34.3 Å². The van der Waals surface area contributed by atoms with Crippen LogP contribution in [0.1, 0.15) is 34.1 Å². The lowest BCUT2D eigenvalue weighted by Gasteiger charge is -2.04. The van der Waals surface area contributed by atoms with E-state index in [0.717, 1.165) is 12.1 Å². The van der Waals surface area contributed by atoms with Crippen LogP contribution < -0.4 is 5.73 Å². The molecule has 1 heteroatoms. The first-order valence-electron chi connectivity index (χ1n) is 3.62. The van der Waals surface area contributed by atoms with Gasteiger partial charge in [0.1, 0.15) is 0 Å². The molecule has 0 aliphatic rings. The molecule has 0 aromatic heterocycles. The zero-order chi connectivity index (χ0) is 7.86. The Balaban J connectivity index is 0. The van der Waals surface area contributed by atoms with Gasteiger partial charge in [0.2, 0.25) is 0 Å². The number of hydrogen-bond acceptors (Lipinski definition) is 1. The highest BCUT2D eigenvalue weighted by molar-refractivity contribution is 4.90. The second kappa shape index (κ2) is 7.54. The molecule has 56 valence electrons. The number of rotatable bonds is 2. The van der Waals surface area contributed by atoms with Crippen LogP contribution in [0, 0.1) is 5.92 Å². The molecular formula is C8H19N. The number of nitrogens with two attached hydrogens (primary N) is 1. The van der Waals surface area contributed by atoms with Crippen LogP contribution in [0.3, 0.4) is 0 Å². The van der Waals surface area contributed by atoms with Gasteiger partial charge in [-0.15, -0.1) is 0 Å². The molecule has 2 N–H and O–H groups in total. The van der Waals surface area contributed by atoms with Crippen LogP contribution in [0.5, 0.6) is 0 Å². The van der Waals surface area contributed by atoms with E-state index in [-0.39, 0.29) is 0 Å². The smallest absolute Gasteiger partial charge is 0.00361 e. The summed E-state index contributed by atoms with van der Waals surface area (Å²) in [4.78, 5) is 0. The van der Waals surface area contributed by atoms with Crippen molar-refractivity contribution in [1.82, 2.24) is 0 Å². The van der Waals surface area contributed by atoms with Crippen molar-refractivity contribution in [3.63, 3.8) is 0 Å². The fourth-order valence-corrected chi connectivity index (χ4v) is 0.262. The highest BCUT2D eigenvalue weighted by atomic mass is 14.6. The number of hydrogen-bond donors (Lipinski definition) is 1. The van der Waals surface area contributed by atoms with Gasteiger partial charge in [-0.2, -0.15) is 0 Å². The molecule has 0 radical (unpaired) electrons. The van der Waals surface area contributed by atoms with Crippen molar-refractivity contribution in [2.24, 2.45) is 11.7 Å². The maximum Gasteiger partial charge on any atom is 0.00361 e. The third kappa shape index (κ3) is 7.54. The summed E-state index contributed by atoms with van der Waals surface area (Å²) >= 11 is 0. The highest BCUT2D eigenvalue weighted by Gasteiger charge is 1.95. The summed E-state index contributed by atoms with van der Waals surface area (Å²) in [5, 5.41) is 0. The molecule has 0 aromatic rings. The molecule has 1 nitrogen and oxygen atoms in total. The molecule has 9 heavy (non-hydrogen) atoms. The molecule has 0 heterocycles. The molecule has 0 saturated carbocycles. The fourth-order valence-electron chi connectivity index (χ4n) is 0.262. The van der Waals surface area contributed by atoms with E-state index in [9.17, 15) is 0 Å². The van der Waals surface area contributed by atoms with Gasteiger partial charge in [-0.25, -0.2) is 0 Å². The maximum atomic E-state index is 5.35. The average Bonchev–Trinajstić information content (AvgIpc) is 1.91. The number of allylic oxidation sites excluding steroid dienone is 1. The van der Waals surface area contributed by atoms with Crippen molar-refractivity contribution < 1.29 is 0 Å². The van der Waals surface area contributed by atoms with E-state index in [2.05, 4.69) is 20.4 Å². The maximum absolute atomic E-state index is 5.35. The molecule has 0 unspecified atom stereocenters. The van der Waals surface area contributed by atoms with Crippen LogP contribution in [-0.2, 0) is 0 Å². The lowest BCUT2D eigenvalue weighted by Crippen LogP contribution is -2.04. The van der Waals surface area contributed by atoms with Crippen molar-refractivity contribution in [2.75, 3.05) is 0 Å². The second-order valence-corrected chi connectivity index (χ2v) is 1.88. The van der Waals surface area contributed by atoms with E-state index in [1.54, 1.807) is 0 Å². The van der Waals surface area contributed by atoms with E-state index in [4.69, 9.17) is 5.73 Å². The minimum absolute atomic E-state index is 0.486. The molecule has 0 amide bonds. The zero-order valence-corrected chi connectivity index (χ0v) is 7.07. The lowest BCUT2D eigenvalue weighted by atomic mass is 10.1. The molecule has 0 aliphatic heterocycles. The third-order valence-corrected chi connectivity index (χ3v) is 1.25. The Morgan fingerprint density at radius 2 is 1.89 bits per heavy atom. The lowest BCUT2D eigenvalue weighted by molar-refractivity contribution is 0.650. The van der Waals surface area contributed by atoms with Gasteiger partial charge in [0.15, 0.2) is 0 Å². The molecule has 0 saturated heterocycles. The summed E-state index contributed by atoms with van der Waals surface area (Å²) in [7, 11) is 0. The average molecular weight is 129 g/mol. The Morgan fingerprint density at radius 1 is 1.56 bits per heavy atom. The SMILES string of the molecule is C=C(N)[C@@H](C)CC.CC. The fraction of sp³-hybridized carbons (Fsp3) is 0.750. The van der Waals surface area contributed by atoms with Crippen LogP contribution in [0.2, 0.25) is 0 Å². The normalized spacial score (nSPS) is 11.1. The second-order valence-electron chi connectivity index (χ2n) is 1.88. The summed E-state index contributed by atoms with van der Waals surface area (Å²) in [6.07, 6.45) is 1.09. The monoisotopic (exact) mass is 129 g/mol. The van der Waals surface area contributed by atoms with Crippen LogP contribution in [0.4, 0.5) is 0 Å². The first-order chi connectivity index (χ1) is 4.18. The van der Waals surface area contributed by atoms with E-state index in [1.807, 2.05) is 13.8 Å². The van der Waals surface area contributed by atoms with Gasteiger partial charge < -0.3 is 5.73 Å². The summed E-state index contributed by atoms with van der Waals surface area (Å²) < 4.78 is 0. The molecule has 0 spiro atoms. The first kappa shape index (κ1) is 11.4. The van der Waals surface area contributed by atoms with Crippen molar-refractivity contribution in [1.29, 1.82) is 0 Å². The molecule has 1 atom stereocenters. The Morgan fingerprint density at radius 3 is 1.89 bits per heavy atom.